The summed E-state index contributed by atoms with van der Waals surface area (Å²) < 4.78 is 5.42. The number of benzene rings is 1. The number of pyridine rings is 1. The third-order valence-corrected chi connectivity index (χ3v) is 4.62. The van der Waals surface area contributed by atoms with Gasteiger partial charge in [0.05, 0.1) is 31.1 Å². The average molecular weight is 393 g/mol. The third-order valence-electron chi connectivity index (χ3n) is 4.62. The van der Waals surface area contributed by atoms with Crippen LogP contribution in [0.5, 0.6) is 5.75 Å². The number of aliphatic hydroxyl groups is 1. The number of hydrogen-bond donors (Lipinski definition) is 3. The number of hydrogen-bond acceptors (Lipinski definition) is 7. The lowest BCUT2D eigenvalue weighted by molar-refractivity contribution is 0.248. The fourth-order valence-electron chi connectivity index (χ4n) is 2.87. The number of para-hydroxylation sites is 1. The lowest BCUT2D eigenvalue weighted by atomic mass is 10.1. The molecule has 0 aliphatic carbocycles. The van der Waals surface area contributed by atoms with E-state index in [1.54, 1.807) is 13.3 Å². The Morgan fingerprint density at radius 3 is 2.52 bits per heavy atom. The van der Waals surface area contributed by atoms with Crippen molar-refractivity contribution in [3.05, 3.63) is 60.3 Å². The van der Waals surface area contributed by atoms with Crippen LogP contribution < -0.4 is 15.4 Å². The van der Waals surface area contributed by atoms with Crippen molar-refractivity contribution >= 4 is 11.8 Å². The summed E-state index contributed by atoms with van der Waals surface area (Å²) in [7, 11) is 1.66. The number of nitrogens with one attached hydrogen (secondary N) is 2. The predicted molar refractivity (Wildman–Crippen MR) is 115 cm³/mol. The molecule has 1 atom stereocenters. The summed E-state index contributed by atoms with van der Waals surface area (Å²) >= 11 is 0. The van der Waals surface area contributed by atoms with Crippen molar-refractivity contribution in [2.24, 2.45) is 5.92 Å². The van der Waals surface area contributed by atoms with Gasteiger partial charge >= 0.3 is 0 Å². The Bertz CT molecular complexity index is 918. The largest absolute Gasteiger partial charge is 0.496 e. The van der Waals surface area contributed by atoms with Gasteiger partial charge in [0.25, 0.3) is 0 Å². The molecule has 0 unspecified atom stereocenters. The molecule has 0 amide bonds. The standard InChI is InChI=1S/C22H27N5O2/c1-15(2)19(14-28)26-22-25-18(17-9-6-7-11-23-17)12-21(27-22)24-13-16-8-4-5-10-20(16)29-3/h4-12,15,19,28H,13-14H2,1-3H3,(H2,24,25,26,27)/t19-/m0/s1. The Kier molecular flexibility index (Phi) is 6.97. The minimum Gasteiger partial charge on any atom is -0.496 e. The van der Waals surface area contributed by atoms with Crippen molar-refractivity contribution < 1.29 is 9.84 Å². The number of aromatic nitrogens is 3. The first-order chi connectivity index (χ1) is 14.1. The number of anilines is 2. The molecular weight excluding hydrogens is 366 g/mol. The highest BCUT2D eigenvalue weighted by atomic mass is 16.5. The second-order valence-electron chi connectivity index (χ2n) is 7.02. The van der Waals surface area contributed by atoms with Crippen molar-refractivity contribution in [1.82, 2.24) is 15.0 Å². The van der Waals surface area contributed by atoms with Crippen molar-refractivity contribution in [3.8, 4) is 17.1 Å². The number of ether oxygens (including phenoxy) is 1. The van der Waals surface area contributed by atoms with Crippen LogP contribution in [-0.4, -0.2) is 39.8 Å². The highest BCUT2D eigenvalue weighted by Crippen LogP contribution is 2.23. The molecule has 2 aromatic heterocycles. The van der Waals surface area contributed by atoms with Crippen molar-refractivity contribution in [3.63, 3.8) is 0 Å². The number of aliphatic hydroxyl groups excluding tert-OH is 1. The van der Waals surface area contributed by atoms with Gasteiger partial charge < -0.3 is 20.5 Å². The van der Waals surface area contributed by atoms with E-state index in [-0.39, 0.29) is 18.6 Å². The Labute approximate surface area is 171 Å². The third kappa shape index (κ3) is 5.42. The van der Waals surface area contributed by atoms with E-state index < -0.39 is 0 Å². The Morgan fingerprint density at radius 1 is 1.03 bits per heavy atom. The van der Waals surface area contributed by atoms with E-state index in [4.69, 9.17) is 4.74 Å². The summed E-state index contributed by atoms with van der Waals surface area (Å²) in [5.74, 6) is 2.16. The average Bonchev–Trinajstić information content (AvgIpc) is 2.76. The zero-order chi connectivity index (χ0) is 20.6. The minimum absolute atomic E-state index is 0.00117. The molecule has 3 N–H and O–H groups in total. The summed E-state index contributed by atoms with van der Waals surface area (Å²) in [4.78, 5) is 13.6. The fraction of sp³-hybridized carbons (Fsp3) is 0.318. The SMILES string of the molecule is COc1ccccc1CNc1cc(-c2ccccn2)nc(N[C@@H](CO)C(C)C)n1. The van der Waals surface area contributed by atoms with Crippen LogP contribution in [0.25, 0.3) is 11.4 Å². The molecule has 7 nitrogen and oxygen atoms in total. The van der Waals surface area contributed by atoms with Gasteiger partial charge in [-0.15, -0.1) is 0 Å². The molecule has 0 aliphatic rings. The van der Waals surface area contributed by atoms with Crippen LogP contribution >= 0.6 is 0 Å². The highest BCUT2D eigenvalue weighted by Gasteiger charge is 2.15. The molecule has 2 heterocycles. The summed E-state index contributed by atoms with van der Waals surface area (Å²) in [6, 6.07) is 15.3. The molecule has 7 heteroatoms. The van der Waals surface area contributed by atoms with Gasteiger partial charge in [-0.3, -0.25) is 4.98 Å². The summed E-state index contributed by atoms with van der Waals surface area (Å²) in [5.41, 5.74) is 2.48. The smallest absolute Gasteiger partial charge is 0.225 e. The van der Waals surface area contributed by atoms with Crippen molar-refractivity contribution in [1.29, 1.82) is 0 Å². The predicted octanol–water partition coefficient (Wildman–Crippen LogP) is 3.59. The first-order valence-corrected chi connectivity index (χ1v) is 9.64. The molecule has 0 spiro atoms. The molecule has 152 valence electrons. The molecule has 3 aromatic rings. The number of nitrogens with zero attached hydrogens (tertiary/aromatic N) is 3. The van der Waals surface area contributed by atoms with Crippen LogP contribution in [0.1, 0.15) is 19.4 Å². The van der Waals surface area contributed by atoms with E-state index in [2.05, 4.69) is 25.6 Å². The maximum absolute atomic E-state index is 9.66. The van der Waals surface area contributed by atoms with Crippen LogP contribution in [0.4, 0.5) is 11.8 Å². The highest BCUT2D eigenvalue weighted by molar-refractivity contribution is 5.61. The zero-order valence-corrected chi connectivity index (χ0v) is 17.0. The van der Waals surface area contributed by atoms with Gasteiger partial charge in [-0.25, -0.2) is 4.98 Å². The summed E-state index contributed by atoms with van der Waals surface area (Å²) in [6.45, 7) is 4.63. The molecule has 0 fully saturated rings. The van der Waals surface area contributed by atoms with Gasteiger partial charge in [0.15, 0.2) is 0 Å². The first-order valence-electron chi connectivity index (χ1n) is 9.64. The van der Waals surface area contributed by atoms with Gasteiger partial charge in [0.1, 0.15) is 11.6 Å². The molecule has 0 saturated carbocycles. The van der Waals surface area contributed by atoms with Crippen molar-refractivity contribution in [2.75, 3.05) is 24.4 Å². The van der Waals surface area contributed by atoms with Crippen LogP contribution in [-0.2, 0) is 6.54 Å². The van der Waals surface area contributed by atoms with Crippen LogP contribution in [0, 0.1) is 5.92 Å². The maximum Gasteiger partial charge on any atom is 0.225 e. The Balaban J connectivity index is 1.89. The van der Waals surface area contributed by atoms with Gasteiger partial charge in [-0.2, -0.15) is 4.98 Å². The molecule has 29 heavy (non-hydrogen) atoms. The fourth-order valence-corrected chi connectivity index (χ4v) is 2.87. The molecule has 0 aliphatic heterocycles. The molecule has 3 rings (SSSR count). The normalized spacial score (nSPS) is 11.9. The van der Waals surface area contributed by atoms with Gasteiger partial charge in [-0.1, -0.05) is 38.1 Å². The van der Waals surface area contributed by atoms with Crippen LogP contribution in [0.15, 0.2) is 54.7 Å². The topological polar surface area (TPSA) is 92.2 Å². The van der Waals surface area contributed by atoms with Crippen molar-refractivity contribution in [2.45, 2.75) is 26.4 Å². The quantitative estimate of drug-likeness (QED) is 0.512. The van der Waals surface area contributed by atoms with E-state index in [9.17, 15) is 5.11 Å². The van der Waals surface area contributed by atoms with E-state index >= 15 is 0 Å². The second kappa shape index (κ2) is 9.84. The molecule has 0 bridgehead atoms. The Hall–Kier alpha value is -3.19. The first kappa shape index (κ1) is 20.5. The van der Waals surface area contributed by atoms with Gasteiger partial charge in [0, 0.05) is 24.4 Å². The lowest BCUT2D eigenvalue weighted by Gasteiger charge is -2.20. The van der Waals surface area contributed by atoms with Crippen LogP contribution in [0.2, 0.25) is 0 Å². The van der Waals surface area contributed by atoms with E-state index in [1.807, 2.05) is 62.4 Å². The second-order valence-corrected chi connectivity index (χ2v) is 7.02. The lowest BCUT2D eigenvalue weighted by Crippen LogP contribution is -2.30. The monoisotopic (exact) mass is 393 g/mol. The van der Waals surface area contributed by atoms with Crippen LogP contribution in [0.3, 0.4) is 0 Å². The van der Waals surface area contributed by atoms with Gasteiger partial charge in [0.2, 0.25) is 5.95 Å². The zero-order valence-electron chi connectivity index (χ0n) is 17.0. The van der Waals surface area contributed by atoms with E-state index in [1.165, 1.54) is 0 Å². The summed E-state index contributed by atoms with van der Waals surface area (Å²) in [5, 5.41) is 16.2. The maximum atomic E-state index is 9.66. The minimum atomic E-state index is -0.143. The number of rotatable bonds is 9. The molecule has 1 aromatic carbocycles. The molecule has 0 saturated heterocycles. The molecular formula is C22H27N5O2. The molecule has 0 radical (unpaired) electrons. The summed E-state index contributed by atoms with van der Waals surface area (Å²) in [6.07, 6.45) is 1.73. The van der Waals surface area contributed by atoms with E-state index in [0.717, 1.165) is 17.0 Å². The van der Waals surface area contributed by atoms with E-state index in [0.29, 0.717) is 24.0 Å². The Morgan fingerprint density at radius 2 is 1.83 bits per heavy atom. The number of methoxy groups -OCH3 is 1. The van der Waals surface area contributed by atoms with Gasteiger partial charge in [-0.05, 0) is 24.1 Å².